The number of nitrogens with two attached hydrogens (primary N) is 1. The van der Waals surface area contributed by atoms with E-state index in [1.165, 1.54) is 52.9 Å². The second kappa shape index (κ2) is 4.29. The summed E-state index contributed by atoms with van der Waals surface area (Å²) in [6.07, 6.45) is 8.76. The van der Waals surface area contributed by atoms with Gasteiger partial charge in [0.1, 0.15) is 0 Å². The highest BCUT2D eigenvalue weighted by Gasteiger charge is 2.30. The van der Waals surface area contributed by atoms with E-state index in [-0.39, 0.29) is 5.54 Å². The van der Waals surface area contributed by atoms with Crippen LogP contribution in [0.4, 0.5) is 0 Å². The monoisotopic (exact) mass is 272 g/mol. The Balaban J connectivity index is 1.73. The molecule has 2 N–H and O–H groups in total. The summed E-state index contributed by atoms with van der Waals surface area (Å²) in [7, 11) is 0. The molecule has 2 aliphatic carbocycles. The minimum atomic E-state index is -0.101. The highest BCUT2D eigenvalue weighted by molar-refractivity contribution is 7.18. The van der Waals surface area contributed by atoms with Crippen molar-refractivity contribution in [1.82, 2.24) is 4.98 Å². The van der Waals surface area contributed by atoms with E-state index >= 15 is 0 Å². The largest absolute Gasteiger partial charge is 0.321 e. The number of benzene rings is 1. The van der Waals surface area contributed by atoms with E-state index < -0.39 is 0 Å². The number of hydrogen-bond donors (Lipinski definition) is 1. The second-order valence-corrected chi connectivity index (χ2v) is 7.29. The van der Waals surface area contributed by atoms with Crippen LogP contribution in [0.2, 0.25) is 0 Å². The molecule has 2 aromatic rings. The van der Waals surface area contributed by atoms with Crippen molar-refractivity contribution in [3.8, 4) is 0 Å². The van der Waals surface area contributed by atoms with Gasteiger partial charge in [-0.3, -0.25) is 0 Å². The Labute approximate surface area is 118 Å². The van der Waals surface area contributed by atoms with Gasteiger partial charge in [0.15, 0.2) is 0 Å². The van der Waals surface area contributed by atoms with Crippen LogP contribution in [0.5, 0.6) is 0 Å². The maximum Gasteiger partial charge on any atom is 0.0969 e. The van der Waals surface area contributed by atoms with Crippen molar-refractivity contribution < 1.29 is 0 Å². The molecule has 0 aliphatic heterocycles. The predicted octanol–water partition coefficient (Wildman–Crippen LogP) is 4.29. The molecule has 0 unspecified atom stereocenters. The molecule has 2 fully saturated rings. The van der Waals surface area contributed by atoms with Crippen LogP contribution < -0.4 is 5.73 Å². The first-order valence-corrected chi connectivity index (χ1v) is 8.26. The summed E-state index contributed by atoms with van der Waals surface area (Å²) in [5.74, 6) is 0.752. The first kappa shape index (κ1) is 11.9. The van der Waals surface area contributed by atoms with Crippen molar-refractivity contribution in [3.63, 3.8) is 0 Å². The van der Waals surface area contributed by atoms with Crippen molar-refractivity contribution in [1.29, 1.82) is 0 Å². The van der Waals surface area contributed by atoms with Crippen LogP contribution in [0.1, 0.15) is 61.4 Å². The van der Waals surface area contributed by atoms with Gasteiger partial charge in [0.25, 0.3) is 0 Å². The molecular weight excluding hydrogens is 252 g/mol. The van der Waals surface area contributed by atoms with Crippen LogP contribution in [-0.2, 0) is 5.54 Å². The number of rotatable bonds is 2. The van der Waals surface area contributed by atoms with Crippen LogP contribution >= 0.6 is 11.3 Å². The number of fused-ring (bicyclic) bond motifs is 1. The van der Waals surface area contributed by atoms with E-state index in [0.717, 1.165) is 18.8 Å². The molecule has 2 saturated carbocycles. The molecule has 0 amide bonds. The van der Waals surface area contributed by atoms with Gasteiger partial charge < -0.3 is 5.73 Å². The van der Waals surface area contributed by atoms with Gasteiger partial charge in [-0.2, -0.15) is 0 Å². The maximum atomic E-state index is 6.63. The van der Waals surface area contributed by atoms with Gasteiger partial charge in [0.2, 0.25) is 0 Å². The normalized spacial score (nSPS) is 22.8. The van der Waals surface area contributed by atoms with E-state index in [4.69, 9.17) is 10.7 Å². The minimum Gasteiger partial charge on any atom is -0.321 e. The Bertz CT molecular complexity index is 606. The van der Waals surface area contributed by atoms with Crippen LogP contribution in [0.15, 0.2) is 18.2 Å². The lowest BCUT2D eigenvalue weighted by molar-refractivity contribution is 0.302. The van der Waals surface area contributed by atoms with Crippen LogP contribution in [0.3, 0.4) is 0 Å². The number of thiazole rings is 1. The lowest BCUT2D eigenvalue weighted by Gasteiger charge is -2.33. The zero-order valence-corrected chi connectivity index (χ0v) is 12.0. The SMILES string of the molecule is NC1(c2ccc3sc(C4CC4)nc3c2)CCCCC1. The smallest absolute Gasteiger partial charge is 0.0969 e. The quantitative estimate of drug-likeness (QED) is 0.885. The third-order valence-corrected chi connectivity index (χ3v) is 5.85. The van der Waals surface area contributed by atoms with E-state index in [1.54, 1.807) is 0 Å². The molecule has 1 aromatic heterocycles. The highest BCUT2D eigenvalue weighted by Crippen LogP contribution is 2.44. The van der Waals surface area contributed by atoms with E-state index in [9.17, 15) is 0 Å². The van der Waals surface area contributed by atoms with E-state index in [0.29, 0.717) is 0 Å². The van der Waals surface area contributed by atoms with Gasteiger partial charge >= 0.3 is 0 Å². The molecule has 0 atom stereocenters. The Morgan fingerprint density at radius 3 is 2.68 bits per heavy atom. The van der Waals surface area contributed by atoms with Crippen molar-refractivity contribution in [2.45, 2.75) is 56.4 Å². The van der Waals surface area contributed by atoms with Gasteiger partial charge in [-0.15, -0.1) is 11.3 Å². The van der Waals surface area contributed by atoms with Crippen molar-refractivity contribution in [2.75, 3.05) is 0 Å². The lowest BCUT2D eigenvalue weighted by Crippen LogP contribution is -2.38. The Hall–Kier alpha value is -0.930. The number of aromatic nitrogens is 1. The summed E-state index contributed by atoms with van der Waals surface area (Å²) in [5, 5.41) is 1.34. The Morgan fingerprint density at radius 2 is 1.95 bits per heavy atom. The van der Waals surface area contributed by atoms with Gasteiger partial charge in [-0.25, -0.2) is 4.98 Å². The number of nitrogens with zero attached hydrogens (tertiary/aromatic N) is 1. The van der Waals surface area contributed by atoms with Gasteiger partial charge in [0.05, 0.1) is 15.2 Å². The average Bonchev–Trinajstić information content (AvgIpc) is 3.18. The van der Waals surface area contributed by atoms with Gasteiger partial charge in [-0.1, -0.05) is 25.3 Å². The first-order chi connectivity index (χ1) is 9.24. The van der Waals surface area contributed by atoms with Crippen molar-refractivity contribution in [3.05, 3.63) is 28.8 Å². The van der Waals surface area contributed by atoms with Crippen LogP contribution in [-0.4, -0.2) is 4.98 Å². The predicted molar refractivity (Wildman–Crippen MR) is 80.5 cm³/mol. The molecule has 0 bridgehead atoms. The third-order valence-electron chi connectivity index (χ3n) is 4.65. The fraction of sp³-hybridized carbons (Fsp3) is 0.562. The number of hydrogen-bond acceptors (Lipinski definition) is 3. The molecule has 4 rings (SSSR count). The molecule has 0 saturated heterocycles. The molecule has 3 heteroatoms. The Kier molecular flexibility index (Phi) is 2.68. The minimum absolute atomic E-state index is 0.101. The zero-order valence-electron chi connectivity index (χ0n) is 11.2. The second-order valence-electron chi connectivity index (χ2n) is 6.23. The van der Waals surface area contributed by atoms with Crippen molar-refractivity contribution in [2.24, 2.45) is 5.73 Å². The topological polar surface area (TPSA) is 38.9 Å². The first-order valence-electron chi connectivity index (χ1n) is 7.44. The van der Waals surface area contributed by atoms with Crippen LogP contribution in [0, 0.1) is 0 Å². The summed E-state index contributed by atoms with van der Waals surface area (Å²) >= 11 is 1.87. The summed E-state index contributed by atoms with van der Waals surface area (Å²) < 4.78 is 1.32. The molecule has 1 heterocycles. The molecule has 2 nitrogen and oxygen atoms in total. The van der Waals surface area contributed by atoms with Crippen molar-refractivity contribution >= 4 is 21.6 Å². The molecule has 19 heavy (non-hydrogen) atoms. The molecule has 100 valence electrons. The Morgan fingerprint density at radius 1 is 1.16 bits per heavy atom. The van der Waals surface area contributed by atoms with E-state index in [1.807, 2.05) is 11.3 Å². The highest BCUT2D eigenvalue weighted by atomic mass is 32.1. The average molecular weight is 272 g/mol. The standard InChI is InChI=1S/C16H20N2S/c17-16(8-2-1-3-9-16)12-6-7-14-13(10-12)18-15(19-14)11-4-5-11/h6-7,10-11H,1-5,8-9,17H2. The van der Waals surface area contributed by atoms with Crippen LogP contribution in [0.25, 0.3) is 10.2 Å². The molecule has 1 aromatic carbocycles. The van der Waals surface area contributed by atoms with E-state index in [2.05, 4.69) is 18.2 Å². The molecule has 0 radical (unpaired) electrons. The fourth-order valence-electron chi connectivity index (χ4n) is 3.23. The third kappa shape index (κ3) is 2.09. The zero-order chi connectivity index (χ0) is 12.9. The summed E-state index contributed by atoms with van der Waals surface area (Å²) in [5.41, 5.74) is 8.99. The summed E-state index contributed by atoms with van der Waals surface area (Å²) in [4.78, 5) is 4.82. The molecular formula is C16H20N2S. The maximum absolute atomic E-state index is 6.63. The van der Waals surface area contributed by atoms with Gasteiger partial charge in [0, 0.05) is 11.5 Å². The molecule has 2 aliphatic rings. The molecule has 0 spiro atoms. The summed E-state index contributed by atoms with van der Waals surface area (Å²) in [6.45, 7) is 0. The van der Waals surface area contributed by atoms with Gasteiger partial charge in [-0.05, 0) is 43.4 Å². The summed E-state index contributed by atoms with van der Waals surface area (Å²) in [6, 6.07) is 6.73. The lowest BCUT2D eigenvalue weighted by atomic mass is 9.77. The fourth-order valence-corrected chi connectivity index (χ4v) is 4.35.